The van der Waals surface area contributed by atoms with Crippen LogP contribution in [0, 0.1) is 0 Å². The van der Waals surface area contributed by atoms with Crippen molar-refractivity contribution in [1.29, 1.82) is 0 Å². The molecule has 48 valence electrons. The van der Waals surface area contributed by atoms with Crippen molar-refractivity contribution in [3.05, 3.63) is 0 Å². The van der Waals surface area contributed by atoms with Crippen LogP contribution in [0.2, 0.25) is 0 Å². The second-order valence-corrected chi connectivity index (χ2v) is 1.22. The lowest BCUT2D eigenvalue weighted by molar-refractivity contribution is 0.352. The predicted octanol–water partition coefficient (Wildman–Crippen LogP) is -2.95. The summed E-state index contributed by atoms with van der Waals surface area (Å²) in [5.41, 5.74) is 0. The molecule has 0 spiro atoms. The van der Waals surface area contributed by atoms with Gasteiger partial charge in [-0.1, -0.05) is 27.0 Å². The number of hydrogen-bond acceptors (Lipinski definition) is 4. The van der Waals surface area contributed by atoms with Crippen LogP contribution in [0.3, 0.4) is 0 Å². The van der Waals surface area contributed by atoms with Crippen molar-refractivity contribution >= 4 is 37.4 Å². The molecule has 0 atom stereocenters. The van der Waals surface area contributed by atoms with Gasteiger partial charge in [0.15, 0.2) is 0 Å². The maximum absolute atomic E-state index is 8.52. The number of hydrogen-bond donors (Lipinski definition) is 0. The monoisotopic (exact) mass is 166 g/mol. The fourth-order valence-corrected chi connectivity index (χ4v) is 0. The van der Waals surface area contributed by atoms with Gasteiger partial charge in [-0.25, -0.2) is 0 Å². The molecule has 0 aromatic rings. The standard InChI is InChI=1S/H2O4S.2H2S/c1-5(2,3)4;;/h(H2,1,2,3,4);2*1H2. The molecule has 0 N–H and O–H groups in total. The fourth-order valence-electron chi connectivity index (χ4n) is 0. The first-order valence-electron chi connectivity index (χ1n) is 0.667. The average molecular weight is 166 g/mol. The molecule has 0 aromatic carbocycles. The Kier molecular flexibility index (Phi) is 10.6. The highest BCUT2D eigenvalue weighted by Crippen LogP contribution is 1.57. The van der Waals surface area contributed by atoms with E-state index in [2.05, 4.69) is 0 Å². The highest BCUT2D eigenvalue weighted by molar-refractivity contribution is 7.79. The Morgan fingerprint density at radius 1 is 1.00 bits per heavy atom. The molecule has 4 nitrogen and oxygen atoms in total. The molecule has 0 saturated carbocycles. The summed E-state index contributed by atoms with van der Waals surface area (Å²) in [5.74, 6) is 0. The Hall–Kier alpha value is 0.570. The summed E-state index contributed by atoms with van der Waals surface area (Å²) in [6, 6.07) is 0. The van der Waals surface area contributed by atoms with Gasteiger partial charge in [-0.05, 0) is 0 Å². The molecule has 0 amide bonds. The minimum atomic E-state index is -5.17. The molecule has 0 heterocycles. The van der Waals surface area contributed by atoms with Crippen LogP contribution in [-0.4, -0.2) is 17.5 Å². The van der Waals surface area contributed by atoms with Gasteiger partial charge in [0, 0.05) is 10.4 Å². The minimum absolute atomic E-state index is 0. The van der Waals surface area contributed by atoms with Crippen LogP contribution in [0.1, 0.15) is 0 Å². The zero-order valence-corrected chi connectivity index (χ0v) is 6.32. The quantitative estimate of drug-likeness (QED) is 0.219. The Bertz CT molecular complexity index is 90.1. The molecule has 0 aliphatic heterocycles. The van der Waals surface area contributed by atoms with Crippen molar-refractivity contribution in [1.82, 2.24) is 0 Å². The van der Waals surface area contributed by atoms with Crippen LogP contribution in [0.4, 0.5) is 0 Å². The minimum Gasteiger partial charge on any atom is -0.759 e. The molecule has 0 unspecified atom stereocenters. The highest BCUT2D eigenvalue weighted by atomic mass is 32.3. The number of rotatable bonds is 0. The van der Waals surface area contributed by atoms with E-state index in [1.807, 2.05) is 0 Å². The normalized spacial score (nSPS) is 8.29. The molecule has 0 aliphatic carbocycles. The molecule has 7 heavy (non-hydrogen) atoms. The SMILES string of the molecule is O=S(=O)([O-])[O-].[SH3+].[SH3+]. The predicted molar refractivity (Wildman–Crippen MR) is 33.6 cm³/mol. The third kappa shape index (κ3) is 422. The zero-order chi connectivity index (χ0) is 4.50. The summed E-state index contributed by atoms with van der Waals surface area (Å²) in [6.07, 6.45) is 0. The van der Waals surface area contributed by atoms with Crippen LogP contribution < -0.4 is 0 Å². The van der Waals surface area contributed by atoms with Crippen molar-refractivity contribution in [2.75, 3.05) is 0 Å². The van der Waals surface area contributed by atoms with Gasteiger partial charge in [0.05, 0.1) is 0 Å². The second-order valence-electron chi connectivity index (χ2n) is 0.408. The molecular formula is H6O4S3. The van der Waals surface area contributed by atoms with E-state index in [1.54, 1.807) is 0 Å². The molecule has 7 heteroatoms. The maximum Gasteiger partial charge on any atom is 0.0311 e. The second kappa shape index (κ2) is 4.72. The molecule has 0 aliphatic rings. The van der Waals surface area contributed by atoms with Gasteiger partial charge in [0.25, 0.3) is 0 Å². The van der Waals surface area contributed by atoms with Crippen LogP contribution >= 0.6 is 0 Å². The molecular weight excluding hydrogens is 160 g/mol. The maximum atomic E-state index is 8.52. The van der Waals surface area contributed by atoms with Crippen molar-refractivity contribution in [3.8, 4) is 0 Å². The van der Waals surface area contributed by atoms with E-state index in [0.717, 1.165) is 0 Å². The van der Waals surface area contributed by atoms with Crippen LogP contribution in [0.5, 0.6) is 0 Å². The van der Waals surface area contributed by atoms with Gasteiger partial charge in [-0.2, -0.15) is 0 Å². The van der Waals surface area contributed by atoms with E-state index in [4.69, 9.17) is 17.5 Å². The lowest BCUT2D eigenvalue weighted by Crippen LogP contribution is -1.91. The largest absolute Gasteiger partial charge is 0.759 e. The van der Waals surface area contributed by atoms with Crippen molar-refractivity contribution in [2.45, 2.75) is 0 Å². The lowest BCUT2D eigenvalue weighted by Gasteiger charge is -2.06. The molecule has 0 aromatic heterocycles. The summed E-state index contributed by atoms with van der Waals surface area (Å²) < 4.78 is 34.1. The third-order valence-corrected chi connectivity index (χ3v) is 0. The van der Waals surface area contributed by atoms with Crippen LogP contribution in [0.25, 0.3) is 0 Å². The topological polar surface area (TPSA) is 80.3 Å². The molecule has 0 bridgehead atoms. The van der Waals surface area contributed by atoms with E-state index in [0.29, 0.717) is 0 Å². The molecule has 0 radical (unpaired) electrons. The first kappa shape index (κ1) is 15.6. The summed E-state index contributed by atoms with van der Waals surface area (Å²) in [4.78, 5) is 0. The van der Waals surface area contributed by atoms with Crippen molar-refractivity contribution in [3.63, 3.8) is 0 Å². The van der Waals surface area contributed by atoms with Gasteiger partial charge in [0.1, 0.15) is 0 Å². The Balaban J connectivity index is -0.0000000800. The Morgan fingerprint density at radius 3 is 1.00 bits per heavy atom. The summed E-state index contributed by atoms with van der Waals surface area (Å²) in [5, 5.41) is 0. The first-order chi connectivity index (χ1) is 2.00. The van der Waals surface area contributed by atoms with Crippen LogP contribution in [-0.2, 0) is 37.4 Å². The van der Waals surface area contributed by atoms with Gasteiger partial charge in [0.2, 0.25) is 0 Å². The van der Waals surface area contributed by atoms with Gasteiger partial charge < -0.3 is 9.11 Å². The summed E-state index contributed by atoms with van der Waals surface area (Å²) >= 11 is 0. The van der Waals surface area contributed by atoms with Gasteiger partial charge in [-0.15, -0.1) is 0 Å². The average Bonchev–Trinajstić information content (AvgIpc) is 0.722. The highest BCUT2D eigenvalue weighted by Gasteiger charge is 1.49. The van der Waals surface area contributed by atoms with E-state index in [1.165, 1.54) is 0 Å². The van der Waals surface area contributed by atoms with Crippen molar-refractivity contribution < 1.29 is 17.5 Å². The van der Waals surface area contributed by atoms with Crippen LogP contribution in [0.15, 0.2) is 0 Å². The van der Waals surface area contributed by atoms with E-state index in [-0.39, 0.29) is 27.0 Å². The van der Waals surface area contributed by atoms with E-state index in [9.17, 15) is 0 Å². The zero-order valence-electron chi connectivity index (χ0n) is 3.20. The van der Waals surface area contributed by atoms with E-state index < -0.39 is 10.4 Å². The fraction of sp³-hybridized carbons (Fsp3) is 0. The third-order valence-electron chi connectivity index (χ3n) is 0. The molecule has 0 rings (SSSR count). The molecule has 0 fully saturated rings. The van der Waals surface area contributed by atoms with Gasteiger partial charge >= 0.3 is 0 Å². The van der Waals surface area contributed by atoms with E-state index >= 15 is 0 Å². The van der Waals surface area contributed by atoms with Crippen molar-refractivity contribution in [2.24, 2.45) is 0 Å². The first-order valence-corrected chi connectivity index (χ1v) is 2.00. The lowest BCUT2D eigenvalue weighted by atomic mass is 15.8. The summed E-state index contributed by atoms with van der Waals surface area (Å²) in [7, 11) is -5.17. The molecule has 0 saturated heterocycles. The summed E-state index contributed by atoms with van der Waals surface area (Å²) in [6.45, 7) is 0. The Labute approximate surface area is 55.4 Å². The smallest absolute Gasteiger partial charge is 0.0311 e. The van der Waals surface area contributed by atoms with Gasteiger partial charge in [-0.3, -0.25) is 8.42 Å². The Morgan fingerprint density at radius 2 is 1.00 bits per heavy atom.